The number of imide groups is 2. The number of anilines is 4. The Balaban J connectivity index is 0.000000209. The number of halogens is 8. The summed E-state index contributed by atoms with van der Waals surface area (Å²) in [6.07, 6.45) is 3.26. The van der Waals surface area contributed by atoms with Gasteiger partial charge in [-0.05, 0) is 66.6 Å². The summed E-state index contributed by atoms with van der Waals surface area (Å²) in [6, 6.07) is 18.9. The number of carbonyl (C=O) groups is 4. The summed E-state index contributed by atoms with van der Waals surface area (Å²) in [5, 5.41) is 4.67. The van der Waals surface area contributed by atoms with Crippen LogP contribution in [0.2, 0.25) is 0 Å². The monoisotopic (exact) mass is 1030 g/mol. The van der Waals surface area contributed by atoms with Gasteiger partial charge in [0, 0.05) is 71.1 Å². The summed E-state index contributed by atoms with van der Waals surface area (Å²) in [7, 11) is 2.93. The second kappa shape index (κ2) is 21.9. The maximum Gasteiger partial charge on any atom is 0.387 e. The Morgan fingerprint density at radius 3 is 1.52 bits per heavy atom. The van der Waals surface area contributed by atoms with E-state index >= 15 is 0 Å². The zero-order valence-electron chi connectivity index (χ0n) is 37.0. The van der Waals surface area contributed by atoms with Crippen molar-refractivity contribution < 1.29 is 73.2 Å². The van der Waals surface area contributed by atoms with Gasteiger partial charge in [0.1, 0.15) is 11.6 Å². The average molecular weight is 1030 g/mol. The van der Waals surface area contributed by atoms with Crippen LogP contribution < -0.4 is 39.4 Å². The van der Waals surface area contributed by atoms with Gasteiger partial charge < -0.3 is 39.0 Å². The Morgan fingerprint density at radius 1 is 0.634 bits per heavy atom. The largest absolute Gasteiger partial charge is 0.431 e. The van der Waals surface area contributed by atoms with Crippen molar-refractivity contribution >= 4 is 69.3 Å². The highest BCUT2D eigenvalue weighted by Gasteiger charge is 2.52. The minimum atomic E-state index is -3.27. The van der Waals surface area contributed by atoms with Crippen LogP contribution in [0.4, 0.5) is 67.5 Å². The van der Waals surface area contributed by atoms with Crippen LogP contribution in [0.3, 0.4) is 0 Å². The first-order valence-electron chi connectivity index (χ1n) is 20.6. The second-order valence-electron chi connectivity index (χ2n) is 15.2. The highest BCUT2D eigenvalue weighted by molar-refractivity contribution is 7.09. The third kappa shape index (κ3) is 11.8. The van der Waals surface area contributed by atoms with Crippen molar-refractivity contribution in [2.75, 3.05) is 23.9 Å². The van der Waals surface area contributed by atoms with Gasteiger partial charge in [-0.3, -0.25) is 29.8 Å². The number of nitrogens with one attached hydrogen (secondary N) is 2. The van der Waals surface area contributed by atoms with E-state index in [0.29, 0.717) is 33.9 Å². The molecule has 2 atom stereocenters. The van der Waals surface area contributed by atoms with E-state index in [1.165, 1.54) is 59.9 Å². The molecule has 2 aliphatic heterocycles. The minimum Gasteiger partial charge on any atom is -0.431 e. The molecule has 6 amide bonds. The molecular formula is C45H38F8N8O8S2. The smallest absolute Gasteiger partial charge is 0.387 e. The zero-order chi connectivity index (χ0) is 51.1. The van der Waals surface area contributed by atoms with Crippen molar-refractivity contribution in [1.29, 1.82) is 0 Å². The van der Waals surface area contributed by atoms with Gasteiger partial charge in [0.15, 0.2) is 23.0 Å². The maximum atomic E-state index is 13.0. The molecule has 2 unspecified atom stereocenters. The Morgan fingerprint density at radius 2 is 1.10 bits per heavy atom. The van der Waals surface area contributed by atoms with Gasteiger partial charge in [-0.1, -0.05) is 24.3 Å². The van der Waals surface area contributed by atoms with Gasteiger partial charge in [-0.15, -0.1) is 22.7 Å². The molecule has 4 aromatic carbocycles. The molecule has 2 N–H and O–H groups in total. The lowest BCUT2D eigenvalue weighted by Crippen LogP contribution is -2.42. The predicted molar refractivity (Wildman–Crippen MR) is 241 cm³/mol. The Labute approximate surface area is 405 Å². The summed E-state index contributed by atoms with van der Waals surface area (Å²) in [5.74, 6) is -3.15. The van der Waals surface area contributed by atoms with Gasteiger partial charge in [0.25, 0.3) is 11.8 Å². The van der Waals surface area contributed by atoms with E-state index in [-0.39, 0.29) is 13.1 Å². The molecule has 374 valence electrons. The number of likely N-dealkylation sites (N-methyl/N-ethyl adjacent to an activating group) is 2. The summed E-state index contributed by atoms with van der Waals surface area (Å²) >= 11 is 2.70. The molecule has 0 aliphatic carbocycles. The second-order valence-corrected chi connectivity index (χ2v) is 17.1. The van der Waals surface area contributed by atoms with E-state index < -0.39 is 84.9 Å². The van der Waals surface area contributed by atoms with Gasteiger partial charge in [0.2, 0.25) is 0 Å². The van der Waals surface area contributed by atoms with Crippen molar-refractivity contribution in [2.45, 2.75) is 58.0 Å². The molecule has 0 radical (unpaired) electrons. The number of hydrogen-bond acceptors (Lipinski definition) is 14. The Kier molecular flexibility index (Phi) is 15.8. The number of carbonyl (C=O) groups excluding carboxylic acids is 4. The number of alkyl halides is 8. The molecule has 2 fully saturated rings. The fourth-order valence-corrected chi connectivity index (χ4v) is 8.66. The number of aromatic nitrogens is 2. The fourth-order valence-electron chi connectivity index (χ4n) is 7.50. The lowest BCUT2D eigenvalue weighted by Gasteiger charge is -2.31. The third-order valence-corrected chi connectivity index (χ3v) is 12.4. The molecule has 2 saturated heterocycles. The number of hydrogen-bond donors (Lipinski definition) is 2. The number of amides is 6. The van der Waals surface area contributed by atoms with Crippen LogP contribution in [0.25, 0.3) is 0 Å². The zero-order valence-corrected chi connectivity index (χ0v) is 38.6. The van der Waals surface area contributed by atoms with Crippen LogP contribution in [0.15, 0.2) is 108 Å². The van der Waals surface area contributed by atoms with Gasteiger partial charge >= 0.3 is 38.5 Å². The SMILES string of the molecule is CN1C(=O)N(C)C(C)(c2cccc(N(Cc3cncs3)c3ccc(OC(F)F)c(OC(F)F)c3)c2)C1=O.O=C1NC(=O)C(c2cccc(N(Cc3cncs3)c3ccc(OC(F)F)c(OC(F)F)c3)c2)N1. The van der Waals surface area contributed by atoms with Crippen molar-refractivity contribution in [3.63, 3.8) is 0 Å². The van der Waals surface area contributed by atoms with Crippen LogP contribution in [0.5, 0.6) is 23.0 Å². The molecule has 0 bridgehead atoms. The van der Waals surface area contributed by atoms with Crippen molar-refractivity contribution in [3.05, 3.63) is 129 Å². The standard InChI is InChI=1S/C24H22F4N4O4S.C21H16F4N4O4S/c1-24(20(33)30(2)23(34)31(24)3)14-5-4-6-15(9-14)32(12-17-11-29-13-37-17)16-7-8-18(35-21(25)26)19(10-16)36-22(27)28;22-19(23)32-15-5-4-13(7-16(15)33-20(24)25)29(9-14-8-26-10-34-14)12-3-1-2-11(6-12)17-18(30)28-21(31)27-17/h4-11,13,21-22H,12H2,1-3H3;1-8,10,17,19-20H,9H2,(H2,27,28,30,31). The molecule has 26 heteroatoms. The Hall–Kier alpha value is -7.74. The topological polar surface area (TPSA) is 168 Å². The number of rotatable bonds is 18. The number of thiazole rings is 2. The maximum absolute atomic E-state index is 13.0. The summed E-state index contributed by atoms with van der Waals surface area (Å²) in [6.45, 7) is -10.9. The lowest BCUT2D eigenvalue weighted by molar-refractivity contribution is -0.131. The number of urea groups is 2. The number of nitrogens with zero attached hydrogens (tertiary/aromatic N) is 6. The van der Waals surface area contributed by atoms with Gasteiger partial charge in [-0.2, -0.15) is 35.1 Å². The van der Waals surface area contributed by atoms with Crippen LogP contribution in [0.1, 0.15) is 33.8 Å². The number of ether oxygens (including phenoxy) is 4. The van der Waals surface area contributed by atoms with E-state index in [2.05, 4.69) is 39.5 Å². The van der Waals surface area contributed by atoms with Crippen molar-refractivity contribution in [3.8, 4) is 23.0 Å². The first-order chi connectivity index (χ1) is 33.8. The van der Waals surface area contributed by atoms with Gasteiger partial charge in [0.05, 0.1) is 24.1 Å². The van der Waals surface area contributed by atoms with Crippen molar-refractivity contribution in [1.82, 2.24) is 30.4 Å². The quantitative estimate of drug-likeness (QED) is 0.0619. The van der Waals surface area contributed by atoms with Crippen LogP contribution >= 0.6 is 22.7 Å². The van der Waals surface area contributed by atoms with E-state index in [1.54, 1.807) is 88.7 Å². The fraction of sp³-hybridized carbons (Fsp3) is 0.244. The summed E-state index contributed by atoms with van der Waals surface area (Å²) in [4.78, 5) is 64.6. The predicted octanol–water partition coefficient (Wildman–Crippen LogP) is 9.99. The molecule has 16 nitrogen and oxygen atoms in total. The third-order valence-electron chi connectivity index (χ3n) is 10.9. The molecule has 0 spiro atoms. The lowest BCUT2D eigenvalue weighted by atomic mass is 9.90. The van der Waals surface area contributed by atoms with Crippen molar-refractivity contribution in [2.24, 2.45) is 0 Å². The van der Waals surface area contributed by atoms with E-state index in [0.717, 1.165) is 32.9 Å². The molecule has 4 heterocycles. The normalized spacial score (nSPS) is 16.6. The van der Waals surface area contributed by atoms with Gasteiger partial charge in [-0.25, -0.2) is 9.59 Å². The van der Waals surface area contributed by atoms with Crippen LogP contribution in [-0.4, -0.2) is 84.2 Å². The molecule has 71 heavy (non-hydrogen) atoms. The average Bonchev–Trinajstić information content (AvgIpc) is 4.14. The number of benzene rings is 4. The molecule has 6 aromatic rings. The minimum absolute atomic E-state index is 0.233. The summed E-state index contributed by atoms with van der Waals surface area (Å²) < 4.78 is 121. The molecule has 8 rings (SSSR count). The van der Waals surface area contributed by atoms with Crippen LogP contribution in [-0.2, 0) is 28.2 Å². The highest BCUT2D eigenvalue weighted by Crippen LogP contribution is 2.42. The first-order valence-corrected chi connectivity index (χ1v) is 22.3. The molecule has 2 aromatic heterocycles. The van der Waals surface area contributed by atoms with E-state index in [9.17, 15) is 54.3 Å². The van der Waals surface area contributed by atoms with E-state index in [4.69, 9.17) is 0 Å². The molecular weight excluding hydrogens is 997 g/mol. The molecule has 2 aliphatic rings. The first kappa shape index (κ1) is 51.1. The Bertz CT molecular complexity index is 2850. The van der Waals surface area contributed by atoms with E-state index in [1.807, 2.05) is 0 Å². The molecule has 0 saturated carbocycles. The van der Waals surface area contributed by atoms with Crippen LogP contribution in [0, 0.1) is 0 Å². The highest BCUT2D eigenvalue weighted by atomic mass is 32.1. The summed E-state index contributed by atoms with van der Waals surface area (Å²) in [5.41, 5.74) is 4.69.